The summed E-state index contributed by atoms with van der Waals surface area (Å²) in [7, 11) is 0. The van der Waals surface area contributed by atoms with Gasteiger partial charge in [-0.25, -0.2) is 0 Å². The van der Waals surface area contributed by atoms with Gasteiger partial charge in [0.05, 0.1) is 10.7 Å². The Bertz CT molecular complexity index is 1470. The lowest BCUT2D eigenvalue weighted by Gasteiger charge is -2.43. The molecule has 202 valence electrons. The van der Waals surface area contributed by atoms with Crippen LogP contribution < -0.4 is 9.64 Å². The van der Waals surface area contributed by atoms with E-state index in [1.807, 2.05) is 30.3 Å². The first-order valence-corrected chi connectivity index (χ1v) is 13.9. The number of hydrogen-bond donors (Lipinski definition) is 1. The maximum Gasteiger partial charge on any atom is 0.269 e. The Kier molecular flexibility index (Phi) is 6.73. The molecule has 2 amide bonds. The first kappa shape index (κ1) is 25.7. The summed E-state index contributed by atoms with van der Waals surface area (Å²) in [4.78, 5) is 31.6. The van der Waals surface area contributed by atoms with E-state index in [1.165, 1.54) is 6.08 Å². The van der Waals surface area contributed by atoms with E-state index >= 15 is 0 Å². The Hall–Kier alpha value is -3.55. The number of rotatable bonds is 6. The summed E-state index contributed by atoms with van der Waals surface area (Å²) in [5.74, 6) is 1.33. The second-order valence-corrected chi connectivity index (χ2v) is 11.4. The number of carbonyl (C=O) groups excluding carboxylic acids is 2. The Balaban J connectivity index is 1.37. The minimum atomic E-state index is -0.635. The average Bonchev–Trinajstić information content (AvgIpc) is 3.31. The van der Waals surface area contributed by atoms with E-state index in [0.717, 1.165) is 41.4 Å². The van der Waals surface area contributed by atoms with Gasteiger partial charge in [-0.15, -0.1) is 0 Å². The van der Waals surface area contributed by atoms with Gasteiger partial charge in [-0.2, -0.15) is 0 Å². The fourth-order valence-corrected chi connectivity index (χ4v) is 6.31. The lowest BCUT2D eigenvalue weighted by atomic mass is 9.95. The van der Waals surface area contributed by atoms with Crippen molar-refractivity contribution in [1.82, 2.24) is 9.80 Å². The van der Waals surface area contributed by atoms with Crippen molar-refractivity contribution in [3.63, 3.8) is 0 Å². The number of amides is 2. The molecule has 0 bridgehead atoms. The summed E-state index contributed by atoms with van der Waals surface area (Å²) in [6.07, 6.45) is 1.80. The van der Waals surface area contributed by atoms with Crippen molar-refractivity contribution in [1.29, 1.82) is 0 Å². The lowest BCUT2D eigenvalue weighted by molar-refractivity contribution is -0.132. The highest BCUT2D eigenvalue weighted by molar-refractivity contribution is 6.34. The number of halogens is 1. The van der Waals surface area contributed by atoms with Crippen LogP contribution in [-0.4, -0.2) is 72.1 Å². The molecule has 3 aromatic carbocycles. The molecule has 6 rings (SSSR count). The fourth-order valence-electron chi connectivity index (χ4n) is 6.05. The predicted octanol–water partition coefficient (Wildman–Crippen LogP) is 4.95. The number of phenolic OH excluding ortho intramolecular Hbond substituents is 1. The van der Waals surface area contributed by atoms with E-state index in [0.29, 0.717) is 48.6 Å². The van der Waals surface area contributed by atoms with Crippen LogP contribution in [0.15, 0.2) is 61.2 Å². The standard InChI is InChI=1S/C31H32ClN3O4/c1-3-30(37)34-15-20(16-34)17-35-27-13-26(32)25(24-11-22(36)10-21-6-4-5-7-23(21)24)12-28(27)39-29(31(35)38)18-33-9-8-19(2)14-33/h3-7,10-13,19-20,29,36H,1,8-9,14-18H2,2H3/t19-,29?/m0/s1. The summed E-state index contributed by atoms with van der Waals surface area (Å²) in [5.41, 5.74) is 2.17. The summed E-state index contributed by atoms with van der Waals surface area (Å²) in [5, 5.41) is 12.8. The molecule has 3 aliphatic rings. The quantitative estimate of drug-likeness (QED) is 0.444. The van der Waals surface area contributed by atoms with Crippen LogP contribution >= 0.6 is 11.6 Å². The number of benzene rings is 3. The molecule has 3 aliphatic heterocycles. The number of aromatic hydroxyl groups is 1. The van der Waals surface area contributed by atoms with Crippen molar-refractivity contribution in [3.05, 3.63) is 66.2 Å². The highest BCUT2D eigenvalue weighted by atomic mass is 35.5. The summed E-state index contributed by atoms with van der Waals surface area (Å²) >= 11 is 6.87. The van der Waals surface area contributed by atoms with Crippen LogP contribution in [-0.2, 0) is 9.59 Å². The topological polar surface area (TPSA) is 73.3 Å². The van der Waals surface area contributed by atoms with Gasteiger partial charge >= 0.3 is 0 Å². The largest absolute Gasteiger partial charge is 0.508 e. The molecule has 8 heteroatoms. The number of ether oxygens (including phenoxy) is 1. The van der Waals surface area contributed by atoms with E-state index in [2.05, 4.69) is 18.4 Å². The Morgan fingerprint density at radius 3 is 2.67 bits per heavy atom. The van der Waals surface area contributed by atoms with Gasteiger partial charge in [0.1, 0.15) is 11.5 Å². The molecule has 0 radical (unpaired) electrons. The zero-order valence-electron chi connectivity index (χ0n) is 22.0. The van der Waals surface area contributed by atoms with Crippen LogP contribution in [0.5, 0.6) is 11.5 Å². The third kappa shape index (κ3) is 4.85. The molecule has 3 heterocycles. The predicted molar refractivity (Wildman–Crippen MR) is 153 cm³/mol. The van der Waals surface area contributed by atoms with Gasteiger partial charge in [-0.05, 0) is 65.6 Å². The third-order valence-electron chi connectivity index (χ3n) is 8.10. The number of anilines is 1. The molecule has 0 spiro atoms. The van der Waals surface area contributed by atoms with Gasteiger partial charge in [-0.1, -0.05) is 49.4 Å². The van der Waals surface area contributed by atoms with Crippen molar-refractivity contribution in [2.45, 2.75) is 19.4 Å². The monoisotopic (exact) mass is 545 g/mol. The van der Waals surface area contributed by atoms with Gasteiger partial charge in [0, 0.05) is 44.2 Å². The molecular weight excluding hydrogens is 514 g/mol. The molecule has 39 heavy (non-hydrogen) atoms. The molecule has 3 aromatic rings. The van der Waals surface area contributed by atoms with E-state index in [9.17, 15) is 14.7 Å². The third-order valence-corrected chi connectivity index (χ3v) is 8.42. The minimum Gasteiger partial charge on any atom is -0.508 e. The van der Waals surface area contributed by atoms with Gasteiger partial charge in [0.2, 0.25) is 5.91 Å². The number of fused-ring (bicyclic) bond motifs is 2. The van der Waals surface area contributed by atoms with Crippen LogP contribution in [0.2, 0.25) is 5.02 Å². The summed E-state index contributed by atoms with van der Waals surface area (Å²) in [6.45, 7) is 9.87. The second kappa shape index (κ2) is 10.2. The molecule has 2 atom stereocenters. The zero-order chi connectivity index (χ0) is 27.3. The number of nitrogens with zero attached hydrogens (tertiary/aromatic N) is 3. The van der Waals surface area contributed by atoms with Crippen LogP contribution in [0.25, 0.3) is 21.9 Å². The smallest absolute Gasteiger partial charge is 0.269 e. The maximum absolute atomic E-state index is 13.8. The van der Waals surface area contributed by atoms with Crippen molar-refractivity contribution >= 4 is 39.9 Å². The molecule has 2 saturated heterocycles. The van der Waals surface area contributed by atoms with Crippen molar-refractivity contribution < 1.29 is 19.4 Å². The summed E-state index contributed by atoms with van der Waals surface area (Å²) < 4.78 is 6.41. The fraction of sp³-hybridized carbons (Fsp3) is 0.355. The molecule has 1 N–H and O–H groups in total. The number of phenols is 1. The molecular formula is C31H32ClN3O4. The van der Waals surface area contributed by atoms with Crippen LogP contribution in [0.4, 0.5) is 5.69 Å². The van der Waals surface area contributed by atoms with Crippen LogP contribution in [0.1, 0.15) is 13.3 Å². The molecule has 0 saturated carbocycles. The Morgan fingerprint density at radius 1 is 1.13 bits per heavy atom. The number of likely N-dealkylation sites (tertiary alicyclic amines) is 2. The Morgan fingerprint density at radius 2 is 1.92 bits per heavy atom. The number of carbonyl (C=O) groups is 2. The van der Waals surface area contributed by atoms with E-state index in [-0.39, 0.29) is 23.5 Å². The van der Waals surface area contributed by atoms with E-state index in [1.54, 1.807) is 28.0 Å². The lowest BCUT2D eigenvalue weighted by Crippen LogP contribution is -2.57. The molecule has 0 aromatic heterocycles. The Labute approximate surface area is 233 Å². The van der Waals surface area contributed by atoms with E-state index < -0.39 is 6.10 Å². The van der Waals surface area contributed by atoms with Crippen molar-refractivity contribution in [2.75, 3.05) is 44.2 Å². The second-order valence-electron chi connectivity index (χ2n) is 11.0. The zero-order valence-corrected chi connectivity index (χ0v) is 22.7. The SMILES string of the molecule is C=CC(=O)N1CC(CN2C(=O)C(CN3CC[C@H](C)C3)Oc3cc(-c4cc(O)cc5ccccc45)c(Cl)cc32)C1. The highest BCUT2D eigenvalue weighted by Gasteiger charge is 2.40. The van der Waals surface area contributed by atoms with Gasteiger partial charge in [0.15, 0.2) is 6.10 Å². The van der Waals surface area contributed by atoms with Gasteiger partial charge in [0.25, 0.3) is 5.91 Å². The molecule has 7 nitrogen and oxygen atoms in total. The average molecular weight is 546 g/mol. The van der Waals surface area contributed by atoms with Crippen LogP contribution in [0.3, 0.4) is 0 Å². The normalized spacial score (nSPS) is 21.5. The molecule has 1 unspecified atom stereocenters. The van der Waals surface area contributed by atoms with Gasteiger partial charge in [-0.3, -0.25) is 14.5 Å². The first-order valence-electron chi connectivity index (χ1n) is 13.5. The first-order chi connectivity index (χ1) is 18.8. The van der Waals surface area contributed by atoms with E-state index in [4.69, 9.17) is 16.3 Å². The van der Waals surface area contributed by atoms with Gasteiger partial charge < -0.3 is 19.6 Å². The minimum absolute atomic E-state index is 0.0813. The molecule has 0 aliphatic carbocycles. The van der Waals surface area contributed by atoms with Crippen molar-refractivity contribution in [3.8, 4) is 22.6 Å². The summed E-state index contributed by atoms with van der Waals surface area (Å²) in [6, 6.07) is 15.0. The highest BCUT2D eigenvalue weighted by Crippen LogP contribution is 2.45. The molecule has 2 fully saturated rings. The maximum atomic E-state index is 13.8. The van der Waals surface area contributed by atoms with Crippen molar-refractivity contribution in [2.24, 2.45) is 11.8 Å². The number of hydrogen-bond acceptors (Lipinski definition) is 5. The van der Waals surface area contributed by atoms with Crippen LogP contribution in [0, 0.1) is 11.8 Å².